The molecular formula is C37H51FN2O. The molecule has 4 heteroatoms. The number of aliphatic imine (C=N–C) groups is 1. The first-order valence-corrected chi connectivity index (χ1v) is 16.8. The normalized spacial score (nSPS) is 32.4. The van der Waals surface area contributed by atoms with Crippen LogP contribution in [0.5, 0.6) is 0 Å². The van der Waals surface area contributed by atoms with Gasteiger partial charge in [0.1, 0.15) is 18.5 Å². The number of rotatable bonds is 13. The fourth-order valence-electron chi connectivity index (χ4n) is 9.22. The highest BCUT2D eigenvalue weighted by Gasteiger charge is 2.69. The average Bonchev–Trinajstić information content (AvgIpc) is 3.47. The van der Waals surface area contributed by atoms with Crippen molar-refractivity contribution in [1.82, 2.24) is 5.32 Å². The lowest BCUT2D eigenvalue weighted by molar-refractivity contribution is -0.000161. The molecule has 222 valence electrons. The Hall–Kier alpha value is -2.36. The largest absolute Gasteiger partial charge is 0.478 e. The molecule has 0 spiro atoms. The lowest BCUT2D eigenvalue weighted by atomic mass is 9.51. The Morgan fingerprint density at radius 1 is 1.12 bits per heavy atom. The molecule has 5 aliphatic rings. The number of unbranched alkanes of at least 4 members (excludes halogenated alkanes) is 1. The Morgan fingerprint density at radius 3 is 2.78 bits per heavy atom. The highest BCUT2D eigenvalue weighted by atomic mass is 19.1. The summed E-state index contributed by atoms with van der Waals surface area (Å²) in [6, 6.07) is 5.29. The van der Waals surface area contributed by atoms with E-state index in [4.69, 9.17) is 9.73 Å². The number of nitrogens with zero attached hydrogens (tertiary/aromatic N) is 1. The molecule has 1 N–H and O–H groups in total. The quantitative estimate of drug-likeness (QED) is 0.194. The third-order valence-corrected chi connectivity index (χ3v) is 11.6. The van der Waals surface area contributed by atoms with Crippen LogP contribution in [0.2, 0.25) is 0 Å². The van der Waals surface area contributed by atoms with Gasteiger partial charge in [0.15, 0.2) is 5.90 Å². The standard InChI is InChI=1S/C37H51FN2O/c1-4-25(2)13-14-28-17-18-32(38)20-31(28)22-33-29-15-16-30-23-37(33,34(30)21-29)36-40-35(24-41-36)26(3)39-19-9-8-12-27-10-6-5-7-11-27/h13-14,17-18,20,27,29-30,33-35,39H,2-12,15-16,19,21-24H2,1H3/b14-13+/t29-,30?,33?,34?,35?,37?/m1/s1. The molecular weight excluding hydrogens is 507 g/mol. The van der Waals surface area contributed by atoms with E-state index in [9.17, 15) is 4.39 Å². The second-order valence-electron chi connectivity index (χ2n) is 13.9. The molecule has 0 amide bonds. The van der Waals surface area contributed by atoms with Gasteiger partial charge in [-0.2, -0.15) is 0 Å². The minimum atomic E-state index is -0.149. The van der Waals surface area contributed by atoms with Crippen molar-refractivity contribution in [2.75, 3.05) is 13.2 Å². The molecule has 0 radical (unpaired) electrons. The van der Waals surface area contributed by atoms with E-state index in [0.717, 1.165) is 59.5 Å². The van der Waals surface area contributed by atoms with Crippen molar-refractivity contribution in [3.63, 3.8) is 0 Å². The number of allylic oxidation sites excluding steroid dienone is 2. The lowest BCUT2D eigenvalue weighted by Crippen LogP contribution is -2.53. The second kappa shape index (κ2) is 12.5. The summed E-state index contributed by atoms with van der Waals surface area (Å²) in [6.07, 6.45) is 22.1. The van der Waals surface area contributed by atoms with Crippen LogP contribution >= 0.6 is 0 Å². The summed E-state index contributed by atoms with van der Waals surface area (Å²) in [5.41, 5.74) is 4.34. The third kappa shape index (κ3) is 5.82. The maximum absolute atomic E-state index is 14.5. The smallest absolute Gasteiger partial charge is 0.191 e. The van der Waals surface area contributed by atoms with Crippen molar-refractivity contribution in [2.45, 2.75) is 103 Å². The van der Waals surface area contributed by atoms with E-state index >= 15 is 0 Å². The van der Waals surface area contributed by atoms with Crippen LogP contribution in [0.25, 0.3) is 6.08 Å². The van der Waals surface area contributed by atoms with Gasteiger partial charge in [-0.05, 0) is 97.8 Å². The van der Waals surface area contributed by atoms with Crippen LogP contribution in [0, 0.1) is 40.8 Å². The van der Waals surface area contributed by atoms with Gasteiger partial charge >= 0.3 is 0 Å². The highest BCUT2D eigenvalue weighted by molar-refractivity contribution is 5.87. The van der Waals surface area contributed by atoms with Crippen LogP contribution in [0.3, 0.4) is 0 Å². The number of benzene rings is 1. The first-order valence-electron chi connectivity index (χ1n) is 16.8. The molecule has 3 nitrogen and oxygen atoms in total. The predicted octanol–water partition coefficient (Wildman–Crippen LogP) is 9.05. The van der Waals surface area contributed by atoms with E-state index in [0.29, 0.717) is 24.4 Å². The minimum absolute atomic E-state index is 0.00518. The van der Waals surface area contributed by atoms with Crippen molar-refractivity contribution in [3.05, 3.63) is 65.6 Å². The van der Waals surface area contributed by atoms with Crippen LogP contribution in [-0.2, 0) is 11.2 Å². The van der Waals surface area contributed by atoms with Crippen LogP contribution < -0.4 is 5.32 Å². The third-order valence-electron chi connectivity index (χ3n) is 11.6. The fraction of sp³-hybridized carbons (Fsp3) is 0.649. The predicted molar refractivity (Wildman–Crippen MR) is 168 cm³/mol. The summed E-state index contributed by atoms with van der Waals surface area (Å²) in [5, 5.41) is 3.60. The van der Waals surface area contributed by atoms with Gasteiger partial charge < -0.3 is 10.1 Å². The zero-order chi connectivity index (χ0) is 28.4. The van der Waals surface area contributed by atoms with E-state index in [1.165, 1.54) is 77.0 Å². The molecule has 1 aliphatic heterocycles. The maximum Gasteiger partial charge on any atom is 0.191 e. The van der Waals surface area contributed by atoms with Crippen molar-refractivity contribution in [3.8, 4) is 0 Å². The van der Waals surface area contributed by atoms with E-state index < -0.39 is 0 Å². The Morgan fingerprint density at radius 2 is 1.95 bits per heavy atom. The Labute approximate surface area is 247 Å². The summed E-state index contributed by atoms with van der Waals surface area (Å²) in [7, 11) is 0. The number of ether oxygens (including phenoxy) is 1. The van der Waals surface area contributed by atoms with Crippen molar-refractivity contribution < 1.29 is 9.13 Å². The van der Waals surface area contributed by atoms with Crippen LogP contribution in [0.4, 0.5) is 4.39 Å². The summed E-state index contributed by atoms with van der Waals surface area (Å²) >= 11 is 0. The molecule has 0 saturated heterocycles. The molecule has 4 saturated carbocycles. The molecule has 5 unspecified atom stereocenters. The molecule has 2 bridgehead atoms. The van der Waals surface area contributed by atoms with E-state index in [1.54, 1.807) is 12.1 Å². The highest BCUT2D eigenvalue weighted by Crippen LogP contribution is 2.72. The summed E-state index contributed by atoms with van der Waals surface area (Å²) in [5.74, 6) is 4.38. The lowest BCUT2D eigenvalue weighted by Gasteiger charge is -2.53. The SMILES string of the molecule is C=C(/C=C/c1ccc(F)cc1CC1[C@@H]2CCC3CC1(C1=NC(C(=C)NCCCCC4CCCCC4)CO1)C3C2)CC. The average molecular weight is 559 g/mol. The molecule has 4 fully saturated rings. The van der Waals surface area contributed by atoms with Crippen LogP contribution in [0.1, 0.15) is 102 Å². The van der Waals surface area contributed by atoms with E-state index in [-0.39, 0.29) is 17.3 Å². The number of nitrogens with one attached hydrogen (secondary N) is 1. The summed E-state index contributed by atoms with van der Waals surface area (Å²) < 4.78 is 21.0. The molecule has 1 aromatic rings. The Kier molecular flexibility index (Phi) is 8.75. The Balaban J connectivity index is 1.12. The molecule has 0 aromatic heterocycles. The first-order chi connectivity index (χ1) is 20.0. The van der Waals surface area contributed by atoms with Gasteiger partial charge in [-0.15, -0.1) is 0 Å². The molecule has 6 atom stereocenters. The van der Waals surface area contributed by atoms with Gasteiger partial charge in [-0.1, -0.05) is 88.8 Å². The summed E-state index contributed by atoms with van der Waals surface area (Å²) in [4.78, 5) is 5.25. The maximum atomic E-state index is 14.5. The van der Waals surface area contributed by atoms with Gasteiger partial charge in [0.2, 0.25) is 0 Å². The summed E-state index contributed by atoms with van der Waals surface area (Å²) in [6.45, 7) is 12.2. The zero-order valence-corrected chi connectivity index (χ0v) is 25.3. The fourth-order valence-corrected chi connectivity index (χ4v) is 9.22. The van der Waals surface area contributed by atoms with Gasteiger partial charge in [0, 0.05) is 12.2 Å². The van der Waals surface area contributed by atoms with Gasteiger partial charge in [0.05, 0.1) is 5.41 Å². The molecule has 4 aliphatic carbocycles. The van der Waals surface area contributed by atoms with E-state index in [1.807, 2.05) is 6.07 Å². The molecule has 41 heavy (non-hydrogen) atoms. The van der Waals surface area contributed by atoms with Gasteiger partial charge in [-0.25, -0.2) is 9.38 Å². The number of hydrogen-bond donors (Lipinski definition) is 1. The number of halogens is 1. The monoisotopic (exact) mass is 558 g/mol. The molecule has 1 aromatic carbocycles. The molecule has 1 heterocycles. The topological polar surface area (TPSA) is 33.6 Å². The van der Waals surface area contributed by atoms with Gasteiger partial charge in [-0.3, -0.25) is 0 Å². The zero-order valence-electron chi connectivity index (χ0n) is 25.3. The van der Waals surface area contributed by atoms with Crippen molar-refractivity contribution in [1.29, 1.82) is 0 Å². The van der Waals surface area contributed by atoms with Crippen molar-refractivity contribution in [2.24, 2.45) is 40.0 Å². The number of fused-ring (bicyclic) bond motifs is 1. The van der Waals surface area contributed by atoms with Crippen LogP contribution in [-0.4, -0.2) is 25.1 Å². The van der Waals surface area contributed by atoms with Gasteiger partial charge in [0.25, 0.3) is 0 Å². The number of hydrogen-bond acceptors (Lipinski definition) is 3. The molecule has 6 rings (SSSR count). The van der Waals surface area contributed by atoms with E-state index in [2.05, 4.69) is 37.6 Å². The van der Waals surface area contributed by atoms with Crippen molar-refractivity contribution >= 4 is 12.0 Å². The second-order valence-corrected chi connectivity index (χ2v) is 13.9. The minimum Gasteiger partial charge on any atom is -0.478 e. The Bertz CT molecular complexity index is 1180. The van der Waals surface area contributed by atoms with Crippen LogP contribution in [0.15, 0.2) is 53.7 Å². The first kappa shape index (κ1) is 28.7.